The molecule has 0 aromatic heterocycles. The lowest BCUT2D eigenvalue weighted by Crippen LogP contribution is -2.14. The van der Waals surface area contributed by atoms with E-state index in [-0.39, 0.29) is 36.2 Å². The first-order valence-corrected chi connectivity index (χ1v) is 14.0. The summed E-state index contributed by atoms with van der Waals surface area (Å²) in [5.74, 6) is -7.49. The van der Waals surface area contributed by atoms with E-state index in [2.05, 4.69) is 13.8 Å². The third kappa shape index (κ3) is 9.49. The van der Waals surface area contributed by atoms with Crippen molar-refractivity contribution in [1.29, 1.82) is 0 Å². The number of rotatable bonds is 16. The minimum Gasteiger partial charge on any atom is -0.493 e. The molecule has 0 bridgehead atoms. The van der Waals surface area contributed by atoms with Crippen molar-refractivity contribution in [1.82, 2.24) is 0 Å². The highest BCUT2D eigenvalue weighted by Gasteiger charge is 2.23. The van der Waals surface area contributed by atoms with E-state index >= 15 is 0 Å². The molecule has 0 spiro atoms. The monoisotopic (exact) mass is 590 g/mol. The van der Waals surface area contributed by atoms with Gasteiger partial charge in [-0.1, -0.05) is 52.4 Å². The molecule has 0 amide bonds. The van der Waals surface area contributed by atoms with Gasteiger partial charge < -0.3 is 18.9 Å². The fraction of sp³-hybridized carbons (Fsp3) is 0.375. The van der Waals surface area contributed by atoms with E-state index < -0.39 is 46.3 Å². The van der Waals surface area contributed by atoms with Crippen molar-refractivity contribution < 1.29 is 46.1 Å². The first kappa shape index (κ1) is 32.4. The topological polar surface area (TPSA) is 71.1 Å². The van der Waals surface area contributed by atoms with Crippen LogP contribution >= 0.6 is 0 Å². The van der Waals surface area contributed by atoms with Crippen molar-refractivity contribution in [2.24, 2.45) is 0 Å². The number of unbranched alkanes of at least 4 members (excludes halogenated alkanes) is 6. The van der Waals surface area contributed by atoms with Crippen LogP contribution in [-0.4, -0.2) is 25.2 Å². The molecule has 3 aromatic carbocycles. The summed E-state index contributed by atoms with van der Waals surface area (Å²) >= 11 is 0. The van der Waals surface area contributed by atoms with Gasteiger partial charge in [-0.25, -0.2) is 27.2 Å². The van der Waals surface area contributed by atoms with Crippen LogP contribution in [0.2, 0.25) is 0 Å². The van der Waals surface area contributed by atoms with Gasteiger partial charge in [-0.3, -0.25) is 0 Å². The third-order valence-corrected chi connectivity index (χ3v) is 6.22. The molecular formula is C32H34F4O6. The number of carbonyl (C=O) groups is 2. The molecule has 0 N–H and O–H groups in total. The van der Waals surface area contributed by atoms with Crippen LogP contribution in [0.15, 0.2) is 48.5 Å². The second kappa shape index (κ2) is 16.4. The Morgan fingerprint density at radius 1 is 0.524 bits per heavy atom. The maximum atomic E-state index is 14.5. The first-order chi connectivity index (χ1) is 20.2. The van der Waals surface area contributed by atoms with Crippen LogP contribution in [0.25, 0.3) is 0 Å². The van der Waals surface area contributed by atoms with Crippen molar-refractivity contribution in [3.05, 3.63) is 82.9 Å². The van der Waals surface area contributed by atoms with Crippen LogP contribution in [0.3, 0.4) is 0 Å². The summed E-state index contributed by atoms with van der Waals surface area (Å²) in [6, 6.07) is 8.38. The lowest BCUT2D eigenvalue weighted by Gasteiger charge is -2.11. The standard InChI is InChI=1S/C32H34F4O6/c1-3-5-7-9-15-39-23-17-25(33)29(26(34)18-23)31(37)41-21-11-13-22(14-12-21)42-32(38)30-27(35)19-24(20-28(30)36)40-16-10-8-6-4-2/h11-14,17-20H,3-10,15-16H2,1-2H3. The van der Waals surface area contributed by atoms with E-state index in [1.165, 1.54) is 24.3 Å². The molecule has 0 radical (unpaired) electrons. The summed E-state index contributed by atoms with van der Waals surface area (Å²) in [6.45, 7) is 4.70. The zero-order chi connectivity index (χ0) is 30.5. The highest BCUT2D eigenvalue weighted by Crippen LogP contribution is 2.26. The Balaban J connectivity index is 1.58. The fourth-order valence-corrected chi connectivity index (χ4v) is 3.99. The molecule has 0 aliphatic heterocycles. The molecule has 0 unspecified atom stereocenters. The van der Waals surface area contributed by atoms with Gasteiger partial charge >= 0.3 is 11.9 Å². The lowest BCUT2D eigenvalue weighted by atomic mass is 10.2. The van der Waals surface area contributed by atoms with Gasteiger partial charge in [0.05, 0.1) is 13.2 Å². The Kier molecular flexibility index (Phi) is 12.7. The Morgan fingerprint density at radius 2 is 0.857 bits per heavy atom. The van der Waals surface area contributed by atoms with Gasteiger partial charge in [0, 0.05) is 24.3 Å². The van der Waals surface area contributed by atoms with Crippen molar-refractivity contribution in [3.63, 3.8) is 0 Å². The van der Waals surface area contributed by atoms with Crippen LogP contribution in [0, 0.1) is 23.3 Å². The largest absolute Gasteiger partial charge is 0.493 e. The Hall–Kier alpha value is -4.08. The highest BCUT2D eigenvalue weighted by molar-refractivity contribution is 5.92. The Bertz CT molecular complexity index is 1190. The maximum Gasteiger partial charge on any atom is 0.349 e. The SMILES string of the molecule is CCCCCCOc1cc(F)c(C(=O)Oc2ccc(OC(=O)c3c(F)cc(OCCCCCC)cc3F)cc2)c(F)c1. The van der Waals surface area contributed by atoms with Gasteiger partial charge in [0.15, 0.2) is 0 Å². The molecule has 226 valence electrons. The minimum absolute atomic E-state index is 0.0401. The van der Waals surface area contributed by atoms with Crippen LogP contribution in [-0.2, 0) is 0 Å². The number of hydrogen-bond donors (Lipinski definition) is 0. The summed E-state index contributed by atoms with van der Waals surface area (Å²) < 4.78 is 78.9. The molecule has 42 heavy (non-hydrogen) atoms. The molecule has 0 atom stereocenters. The van der Waals surface area contributed by atoms with Crippen molar-refractivity contribution >= 4 is 11.9 Å². The lowest BCUT2D eigenvalue weighted by molar-refractivity contribution is 0.0708. The van der Waals surface area contributed by atoms with Gasteiger partial charge in [-0.05, 0) is 37.1 Å². The number of benzene rings is 3. The molecule has 10 heteroatoms. The average Bonchev–Trinajstić information content (AvgIpc) is 2.93. The molecule has 0 saturated heterocycles. The fourth-order valence-electron chi connectivity index (χ4n) is 3.99. The summed E-state index contributed by atoms with van der Waals surface area (Å²) in [6.07, 6.45) is 7.46. The summed E-state index contributed by atoms with van der Waals surface area (Å²) in [5, 5.41) is 0. The summed E-state index contributed by atoms with van der Waals surface area (Å²) in [7, 11) is 0. The molecule has 0 aliphatic rings. The van der Waals surface area contributed by atoms with Crippen LogP contribution in [0.4, 0.5) is 17.6 Å². The molecule has 3 aromatic rings. The number of esters is 2. The van der Waals surface area contributed by atoms with E-state index in [4.69, 9.17) is 18.9 Å². The van der Waals surface area contributed by atoms with Crippen LogP contribution in [0.1, 0.15) is 85.9 Å². The highest BCUT2D eigenvalue weighted by atomic mass is 19.1. The second-order valence-corrected chi connectivity index (χ2v) is 9.59. The molecule has 0 aliphatic carbocycles. The zero-order valence-corrected chi connectivity index (χ0v) is 23.7. The number of carbonyl (C=O) groups excluding carboxylic acids is 2. The van der Waals surface area contributed by atoms with Crippen LogP contribution < -0.4 is 18.9 Å². The second-order valence-electron chi connectivity index (χ2n) is 9.59. The van der Waals surface area contributed by atoms with Crippen molar-refractivity contribution in [3.8, 4) is 23.0 Å². The quantitative estimate of drug-likeness (QED) is 0.0720. The predicted molar refractivity (Wildman–Crippen MR) is 148 cm³/mol. The predicted octanol–water partition coefficient (Wildman–Crippen LogP) is 8.60. The number of hydrogen-bond acceptors (Lipinski definition) is 6. The summed E-state index contributed by atoms with van der Waals surface area (Å²) in [4.78, 5) is 24.9. The molecule has 6 nitrogen and oxygen atoms in total. The molecule has 3 rings (SSSR count). The van der Waals surface area contributed by atoms with E-state index in [1.807, 2.05) is 0 Å². The summed E-state index contributed by atoms with van der Waals surface area (Å²) in [5.41, 5.74) is -1.80. The van der Waals surface area contributed by atoms with Gasteiger partial charge in [-0.2, -0.15) is 0 Å². The van der Waals surface area contributed by atoms with Gasteiger partial charge in [-0.15, -0.1) is 0 Å². The van der Waals surface area contributed by atoms with Gasteiger partial charge in [0.1, 0.15) is 57.4 Å². The Labute approximate surface area is 242 Å². The Morgan fingerprint density at radius 3 is 1.17 bits per heavy atom. The van der Waals surface area contributed by atoms with Crippen molar-refractivity contribution in [2.75, 3.05) is 13.2 Å². The van der Waals surface area contributed by atoms with E-state index in [9.17, 15) is 27.2 Å². The third-order valence-electron chi connectivity index (χ3n) is 6.22. The minimum atomic E-state index is -1.29. The van der Waals surface area contributed by atoms with Gasteiger partial charge in [0.25, 0.3) is 0 Å². The van der Waals surface area contributed by atoms with E-state index in [0.717, 1.165) is 75.6 Å². The number of halogens is 4. The molecule has 0 heterocycles. The molecule has 0 fully saturated rings. The van der Waals surface area contributed by atoms with Gasteiger partial charge in [0.2, 0.25) is 0 Å². The molecular weight excluding hydrogens is 556 g/mol. The maximum absolute atomic E-state index is 14.5. The van der Waals surface area contributed by atoms with Crippen molar-refractivity contribution in [2.45, 2.75) is 65.2 Å². The van der Waals surface area contributed by atoms with E-state index in [1.54, 1.807) is 0 Å². The zero-order valence-electron chi connectivity index (χ0n) is 23.7. The van der Waals surface area contributed by atoms with E-state index in [0.29, 0.717) is 0 Å². The van der Waals surface area contributed by atoms with Crippen LogP contribution in [0.5, 0.6) is 23.0 Å². The number of ether oxygens (including phenoxy) is 4. The average molecular weight is 591 g/mol. The normalized spacial score (nSPS) is 10.8. The first-order valence-electron chi connectivity index (χ1n) is 14.0. The molecule has 0 saturated carbocycles. The smallest absolute Gasteiger partial charge is 0.349 e.